The lowest BCUT2D eigenvalue weighted by molar-refractivity contribution is -0.138. The fourth-order valence-electron chi connectivity index (χ4n) is 2.27. The largest absolute Gasteiger partial charge is 0.452 e. The number of methoxy groups -OCH3 is 1. The molecular weight excluding hydrogens is 465 g/mol. The van der Waals surface area contributed by atoms with Gasteiger partial charge in [0.1, 0.15) is 0 Å². The Morgan fingerprint density at radius 3 is 1.90 bits per heavy atom. The number of carbonyl (C=O) groups is 2. The second-order valence-electron chi connectivity index (χ2n) is 5.59. The molecular formula is C17H10Cl2F6N2O3. The number of hydrogen-bond donors (Lipinski definition) is 1. The Kier molecular flexibility index (Phi) is 6.77. The van der Waals surface area contributed by atoms with E-state index in [9.17, 15) is 35.9 Å². The van der Waals surface area contributed by atoms with Crippen molar-refractivity contribution in [1.82, 2.24) is 0 Å². The lowest BCUT2D eigenvalue weighted by atomic mass is 10.1. The maximum Gasteiger partial charge on any atom is 0.422 e. The molecule has 162 valence electrons. The van der Waals surface area contributed by atoms with Crippen LogP contribution >= 0.6 is 23.2 Å². The van der Waals surface area contributed by atoms with Gasteiger partial charge in [0.2, 0.25) is 0 Å². The van der Waals surface area contributed by atoms with Crippen LogP contribution in [0.1, 0.15) is 11.1 Å². The van der Waals surface area contributed by atoms with Crippen molar-refractivity contribution in [1.29, 1.82) is 0 Å². The van der Waals surface area contributed by atoms with Gasteiger partial charge in [-0.2, -0.15) is 31.2 Å². The fourth-order valence-corrected chi connectivity index (χ4v) is 2.72. The van der Waals surface area contributed by atoms with Crippen LogP contribution in [0, 0.1) is 0 Å². The molecule has 0 bridgehead atoms. The first-order chi connectivity index (χ1) is 13.8. The highest BCUT2D eigenvalue weighted by molar-refractivity contribution is 6.32. The monoisotopic (exact) mass is 474 g/mol. The van der Waals surface area contributed by atoms with Gasteiger partial charge in [-0.3, -0.25) is 0 Å². The number of amides is 3. The molecule has 0 saturated carbocycles. The molecule has 0 heterocycles. The van der Waals surface area contributed by atoms with Gasteiger partial charge in [0.25, 0.3) is 0 Å². The van der Waals surface area contributed by atoms with E-state index in [2.05, 4.69) is 4.74 Å². The molecule has 2 rings (SSSR count). The van der Waals surface area contributed by atoms with E-state index in [0.29, 0.717) is 12.1 Å². The van der Waals surface area contributed by atoms with Crippen molar-refractivity contribution in [3.63, 3.8) is 0 Å². The lowest BCUT2D eigenvalue weighted by Crippen LogP contribution is -2.40. The highest BCUT2D eigenvalue weighted by Gasteiger charge is 2.36. The predicted octanol–water partition coefficient (Wildman–Crippen LogP) is 6.84. The Labute approximate surface area is 175 Å². The molecule has 0 aliphatic rings. The van der Waals surface area contributed by atoms with Crippen LogP contribution in [0.25, 0.3) is 0 Å². The summed E-state index contributed by atoms with van der Waals surface area (Å²) < 4.78 is 82.5. The molecule has 2 aromatic rings. The number of hydrogen-bond acceptors (Lipinski definition) is 3. The first-order valence-corrected chi connectivity index (χ1v) is 8.44. The van der Waals surface area contributed by atoms with Crippen molar-refractivity contribution >= 4 is 46.7 Å². The van der Waals surface area contributed by atoms with Gasteiger partial charge in [-0.05, 0) is 36.4 Å². The fraction of sp³-hybridized carbons (Fsp3) is 0.176. The molecule has 0 radical (unpaired) electrons. The maximum atomic E-state index is 13.1. The van der Waals surface area contributed by atoms with Crippen molar-refractivity contribution in [2.75, 3.05) is 17.3 Å². The van der Waals surface area contributed by atoms with Crippen molar-refractivity contribution in [3.8, 4) is 0 Å². The van der Waals surface area contributed by atoms with Gasteiger partial charge in [0.05, 0.1) is 34.0 Å². The normalized spacial score (nSPS) is 11.8. The number of rotatable bonds is 2. The molecule has 3 amide bonds. The zero-order chi connectivity index (χ0) is 22.9. The second kappa shape index (κ2) is 8.60. The molecule has 0 aliphatic carbocycles. The molecule has 1 N–H and O–H groups in total. The average molecular weight is 475 g/mol. The quantitative estimate of drug-likeness (QED) is 0.485. The van der Waals surface area contributed by atoms with Crippen molar-refractivity contribution in [2.45, 2.75) is 12.4 Å². The Morgan fingerprint density at radius 2 is 1.40 bits per heavy atom. The number of nitrogens with one attached hydrogen (secondary N) is 1. The molecule has 0 unspecified atom stereocenters. The molecule has 0 saturated heterocycles. The van der Waals surface area contributed by atoms with Gasteiger partial charge in [-0.1, -0.05) is 23.2 Å². The summed E-state index contributed by atoms with van der Waals surface area (Å²) in [4.78, 5) is 24.6. The van der Waals surface area contributed by atoms with Gasteiger partial charge in [-0.25, -0.2) is 9.59 Å². The second-order valence-corrected chi connectivity index (χ2v) is 6.40. The van der Waals surface area contributed by atoms with Crippen LogP contribution in [0.15, 0.2) is 36.4 Å². The van der Waals surface area contributed by atoms with Gasteiger partial charge in [0, 0.05) is 5.69 Å². The van der Waals surface area contributed by atoms with Gasteiger partial charge < -0.3 is 10.1 Å². The van der Waals surface area contributed by atoms with E-state index in [1.807, 2.05) is 5.32 Å². The van der Waals surface area contributed by atoms with Crippen LogP contribution < -0.4 is 10.2 Å². The summed E-state index contributed by atoms with van der Waals surface area (Å²) in [6.45, 7) is 0. The topological polar surface area (TPSA) is 58.6 Å². The standard InChI is InChI=1S/C17H10Cl2F6N2O3/c1-30-15(29)27(9-3-5-13(19)11(7-9)17(23,24)25)14(28)26-8-2-4-12(18)10(6-8)16(20,21)22/h2-7H,1H3,(H,26,28). The first kappa shape index (κ1) is 23.6. The van der Waals surface area contributed by atoms with Crippen LogP contribution in [0.4, 0.5) is 47.3 Å². The van der Waals surface area contributed by atoms with Crippen LogP contribution in [0.5, 0.6) is 0 Å². The van der Waals surface area contributed by atoms with Crippen LogP contribution in [-0.4, -0.2) is 19.2 Å². The van der Waals surface area contributed by atoms with E-state index < -0.39 is 57.0 Å². The van der Waals surface area contributed by atoms with Crippen LogP contribution in [-0.2, 0) is 17.1 Å². The van der Waals surface area contributed by atoms with E-state index in [4.69, 9.17) is 23.2 Å². The number of urea groups is 1. The molecule has 0 aliphatic heterocycles. The van der Waals surface area contributed by atoms with E-state index in [-0.39, 0.29) is 4.90 Å². The molecule has 5 nitrogen and oxygen atoms in total. The third-order valence-electron chi connectivity index (χ3n) is 3.60. The molecule has 0 aromatic heterocycles. The third-order valence-corrected chi connectivity index (χ3v) is 4.26. The van der Waals surface area contributed by atoms with Crippen LogP contribution in [0.3, 0.4) is 0 Å². The number of halogens is 8. The van der Waals surface area contributed by atoms with Gasteiger partial charge in [-0.15, -0.1) is 0 Å². The predicted molar refractivity (Wildman–Crippen MR) is 96.8 cm³/mol. The summed E-state index contributed by atoms with van der Waals surface area (Å²) in [5.74, 6) is 0. The summed E-state index contributed by atoms with van der Waals surface area (Å²) in [7, 11) is 0.854. The van der Waals surface area contributed by atoms with E-state index >= 15 is 0 Å². The zero-order valence-electron chi connectivity index (χ0n) is 14.7. The van der Waals surface area contributed by atoms with Crippen molar-refractivity contribution in [3.05, 3.63) is 57.6 Å². The number of nitrogens with zero attached hydrogens (tertiary/aromatic N) is 1. The minimum Gasteiger partial charge on any atom is -0.452 e. The van der Waals surface area contributed by atoms with Crippen molar-refractivity contribution in [2.24, 2.45) is 0 Å². The Bertz CT molecular complexity index is 979. The molecule has 2 aromatic carbocycles. The smallest absolute Gasteiger partial charge is 0.422 e. The summed E-state index contributed by atoms with van der Waals surface area (Å²) in [5, 5.41) is 0.650. The number of alkyl halides is 6. The molecule has 13 heteroatoms. The number of imide groups is 1. The minimum absolute atomic E-state index is 0.160. The highest BCUT2D eigenvalue weighted by atomic mass is 35.5. The van der Waals surface area contributed by atoms with Crippen molar-refractivity contribution < 1.29 is 40.7 Å². The molecule has 0 spiro atoms. The van der Waals surface area contributed by atoms with E-state index in [1.54, 1.807) is 0 Å². The Hall–Kier alpha value is -2.66. The highest BCUT2D eigenvalue weighted by Crippen LogP contribution is 2.38. The Balaban J connectivity index is 2.45. The van der Waals surface area contributed by atoms with Gasteiger partial charge in [0.15, 0.2) is 0 Å². The number of anilines is 2. The van der Waals surface area contributed by atoms with Crippen LogP contribution in [0.2, 0.25) is 10.0 Å². The summed E-state index contributed by atoms with van der Waals surface area (Å²) in [6.07, 6.45) is -11.1. The Morgan fingerprint density at radius 1 is 0.900 bits per heavy atom. The van der Waals surface area contributed by atoms with E-state index in [1.165, 1.54) is 0 Å². The van der Waals surface area contributed by atoms with E-state index in [0.717, 1.165) is 31.4 Å². The molecule has 0 fully saturated rings. The number of benzene rings is 2. The third kappa shape index (κ3) is 5.28. The number of ether oxygens (including phenoxy) is 1. The SMILES string of the molecule is COC(=O)N(C(=O)Nc1ccc(Cl)c(C(F)(F)F)c1)c1ccc(Cl)c(C(F)(F)F)c1. The number of carbonyl (C=O) groups excluding carboxylic acids is 2. The summed E-state index contributed by atoms with van der Waals surface area (Å²) in [5.41, 5.74) is -3.61. The summed E-state index contributed by atoms with van der Waals surface area (Å²) >= 11 is 11.0. The average Bonchev–Trinajstić information content (AvgIpc) is 2.62. The summed E-state index contributed by atoms with van der Waals surface area (Å²) in [6, 6.07) is 3.12. The maximum absolute atomic E-state index is 13.1. The molecule has 30 heavy (non-hydrogen) atoms. The minimum atomic E-state index is -4.90. The zero-order valence-corrected chi connectivity index (χ0v) is 16.2. The lowest BCUT2D eigenvalue weighted by Gasteiger charge is -2.22. The first-order valence-electron chi connectivity index (χ1n) is 7.68. The molecule has 0 atom stereocenters. The van der Waals surface area contributed by atoms with Gasteiger partial charge >= 0.3 is 24.5 Å².